The summed E-state index contributed by atoms with van der Waals surface area (Å²) < 4.78 is 0. The van der Waals surface area contributed by atoms with E-state index in [-0.39, 0.29) is 12.5 Å². The van der Waals surface area contributed by atoms with Gasteiger partial charge < -0.3 is 15.9 Å². The van der Waals surface area contributed by atoms with Crippen LogP contribution in [-0.4, -0.2) is 28.6 Å². The molecule has 16 heavy (non-hydrogen) atoms. The molecular weight excluding hydrogens is 208 g/mol. The van der Waals surface area contributed by atoms with Gasteiger partial charge in [-0.15, -0.1) is 0 Å². The first kappa shape index (κ1) is 10.9. The van der Waals surface area contributed by atoms with Crippen LogP contribution in [0.3, 0.4) is 0 Å². The van der Waals surface area contributed by atoms with Gasteiger partial charge in [-0.05, 0) is 18.1 Å². The van der Waals surface area contributed by atoms with E-state index in [9.17, 15) is 4.79 Å². The Morgan fingerprint density at radius 3 is 2.88 bits per heavy atom. The minimum atomic E-state index is -1.00. The first-order valence-electron chi connectivity index (χ1n) is 5.13. The van der Waals surface area contributed by atoms with Gasteiger partial charge in [-0.3, -0.25) is 4.90 Å². The molecule has 1 heterocycles. The number of amides is 1. The van der Waals surface area contributed by atoms with Crippen molar-refractivity contribution in [2.45, 2.75) is 25.1 Å². The molecular formula is C11H14N2O3. The van der Waals surface area contributed by atoms with Crippen molar-refractivity contribution in [1.29, 1.82) is 0 Å². The van der Waals surface area contributed by atoms with Gasteiger partial charge in [0.15, 0.2) is 0 Å². The number of benzene rings is 1. The highest BCUT2D eigenvalue weighted by Crippen LogP contribution is 2.33. The van der Waals surface area contributed by atoms with Crippen molar-refractivity contribution in [1.82, 2.24) is 0 Å². The molecule has 1 aromatic rings. The van der Waals surface area contributed by atoms with Gasteiger partial charge in [-0.2, -0.15) is 0 Å². The maximum Gasteiger partial charge on any atom is 0.412 e. The van der Waals surface area contributed by atoms with Crippen LogP contribution in [0.15, 0.2) is 24.3 Å². The number of rotatable bonds is 2. The predicted octanol–water partition coefficient (Wildman–Crippen LogP) is 0.763. The molecule has 0 saturated carbocycles. The highest BCUT2D eigenvalue weighted by molar-refractivity contribution is 5.89. The van der Waals surface area contributed by atoms with Gasteiger partial charge in [0.2, 0.25) is 0 Å². The molecule has 0 aliphatic carbocycles. The molecule has 5 nitrogen and oxygen atoms in total. The number of nitrogens with two attached hydrogens (primary N) is 1. The molecule has 5 heteroatoms. The zero-order valence-corrected chi connectivity index (χ0v) is 8.71. The average molecular weight is 222 g/mol. The minimum Gasteiger partial charge on any atom is -0.465 e. The van der Waals surface area contributed by atoms with E-state index in [2.05, 4.69) is 0 Å². The Labute approximate surface area is 93.1 Å². The Morgan fingerprint density at radius 2 is 2.25 bits per heavy atom. The lowest BCUT2D eigenvalue weighted by Crippen LogP contribution is -2.40. The molecule has 0 aromatic heterocycles. The fourth-order valence-electron chi connectivity index (χ4n) is 2.19. The number of para-hydroxylation sites is 1. The maximum absolute atomic E-state index is 11.2. The second kappa shape index (κ2) is 4.11. The van der Waals surface area contributed by atoms with E-state index in [0.29, 0.717) is 12.1 Å². The number of hydrogen-bond donors (Lipinski definition) is 3. The van der Waals surface area contributed by atoms with Gasteiger partial charge in [0.25, 0.3) is 0 Å². The third-order valence-electron chi connectivity index (χ3n) is 2.79. The summed E-state index contributed by atoms with van der Waals surface area (Å²) in [5, 5.41) is 18.3. The molecule has 0 spiro atoms. The molecule has 1 unspecified atom stereocenters. The standard InChI is InChI=1S/C11H14N2O3/c12-10(14)6-8-5-7-3-1-2-4-9(7)13(8)11(15)16/h1-4,8,10,14H,5-6,12H2,(H,15,16)/t8?,10-/m0/s1. The number of aliphatic hydroxyl groups excluding tert-OH is 1. The first-order valence-corrected chi connectivity index (χ1v) is 5.13. The Bertz CT molecular complexity index is 406. The summed E-state index contributed by atoms with van der Waals surface area (Å²) in [5.41, 5.74) is 6.98. The normalized spacial score (nSPS) is 20.6. The van der Waals surface area contributed by atoms with Crippen LogP contribution in [0.5, 0.6) is 0 Å². The molecule has 1 aliphatic rings. The Morgan fingerprint density at radius 1 is 1.56 bits per heavy atom. The van der Waals surface area contributed by atoms with Crippen LogP contribution in [0.25, 0.3) is 0 Å². The van der Waals surface area contributed by atoms with Crippen molar-refractivity contribution >= 4 is 11.8 Å². The molecule has 1 amide bonds. The first-order chi connectivity index (χ1) is 7.59. The largest absolute Gasteiger partial charge is 0.465 e. The Kier molecular flexibility index (Phi) is 2.80. The van der Waals surface area contributed by atoms with Gasteiger partial charge in [0, 0.05) is 12.5 Å². The van der Waals surface area contributed by atoms with Crippen LogP contribution < -0.4 is 10.6 Å². The maximum atomic E-state index is 11.2. The molecule has 2 atom stereocenters. The van der Waals surface area contributed by atoms with E-state index in [1.54, 1.807) is 12.1 Å². The second-order valence-corrected chi connectivity index (χ2v) is 3.94. The van der Waals surface area contributed by atoms with E-state index >= 15 is 0 Å². The van der Waals surface area contributed by atoms with E-state index in [1.165, 1.54) is 4.90 Å². The van der Waals surface area contributed by atoms with Crippen molar-refractivity contribution in [3.63, 3.8) is 0 Å². The summed E-state index contributed by atoms with van der Waals surface area (Å²) in [6.45, 7) is 0. The zero-order valence-electron chi connectivity index (χ0n) is 8.71. The van der Waals surface area contributed by atoms with Crippen LogP contribution in [-0.2, 0) is 6.42 Å². The van der Waals surface area contributed by atoms with Gasteiger partial charge in [-0.25, -0.2) is 4.79 Å². The third kappa shape index (κ3) is 1.87. The molecule has 4 N–H and O–H groups in total. The number of anilines is 1. The minimum absolute atomic E-state index is 0.251. The van der Waals surface area contributed by atoms with Crippen LogP contribution >= 0.6 is 0 Å². The summed E-state index contributed by atoms with van der Waals surface area (Å²) in [5.74, 6) is 0. The number of fused-ring (bicyclic) bond motifs is 1. The Balaban J connectivity index is 2.30. The van der Waals surface area contributed by atoms with Gasteiger partial charge in [0.05, 0.1) is 5.69 Å². The van der Waals surface area contributed by atoms with Gasteiger partial charge in [0.1, 0.15) is 6.23 Å². The summed E-state index contributed by atoms with van der Waals surface area (Å²) in [6.07, 6.45) is -1.13. The monoisotopic (exact) mass is 222 g/mol. The van der Waals surface area contributed by atoms with Crippen molar-refractivity contribution in [3.05, 3.63) is 29.8 Å². The van der Waals surface area contributed by atoms with Crippen LogP contribution in [0.2, 0.25) is 0 Å². The van der Waals surface area contributed by atoms with Crippen LogP contribution in [0.4, 0.5) is 10.5 Å². The van der Waals surface area contributed by atoms with E-state index < -0.39 is 12.3 Å². The van der Waals surface area contributed by atoms with Crippen molar-refractivity contribution in [2.75, 3.05) is 4.90 Å². The molecule has 2 rings (SSSR count). The molecule has 1 aromatic carbocycles. The Hall–Kier alpha value is -1.59. The molecule has 0 fully saturated rings. The van der Waals surface area contributed by atoms with Crippen LogP contribution in [0, 0.1) is 0 Å². The van der Waals surface area contributed by atoms with E-state index in [4.69, 9.17) is 15.9 Å². The van der Waals surface area contributed by atoms with Crippen molar-refractivity contribution in [3.8, 4) is 0 Å². The molecule has 1 aliphatic heterocycles. The molecule has 0 radical (unpaired) electrons. The lowest BCUT2D eigenvalue weighted by Gasteiger charge is -2.23. The fourth-order valence-corrected chi connectivity index (χ4v) is 2.19. The number of hydrogen-bond acceptors (Lipinski definition) is 3. The van der Waals surface area contributed by atoms with Gasteiger partial charge in [-0.1, -0.05) is 18.2 Å². The number of nitrogens with zero attached hydrogens (tertiary/aromatic N) is 1. The molecule has 0 saturated heterocycles. The third-order valence-corrected chi connectivity index (χ3v) is 2.79. The fraction of sp³-hybridized carbons (Fsp3) is 0.364. The highest BCUT2D eigenvalue weighted by atomic mass is 16.4. The summed E-state index contributed by atoms with van der Waals surface area (Å²) in [7, 11) is 0. The second-order valence-electron chi connectivity index (χ2n) is 3.94. The van der Waals surface area contributed by atoms with E-state index in [1.807, 2.05) is 12.1 Å². The predicted molar refractivity (Wildman–Crippen MR) is 59.2 cm³/mol. The number of carbonyl (C=O) groups is 1. The topological polar surface area (TPSA) is 86.8 Å². The lowest BCUT2D eigenvalue weighted by atomic mass is 10.1. The lowest BCUT2D eigenvalue weighted by molar-refractivity contribution is 0.158. The zero-order chi connectivity index (χ0) is 11.7. The highest BCUT2D eigenvalue weighted by Gasteiger charge is 2.34. The van der Waals surface area contributed by atoms with Crippen molar-refractivity contribution < 1.29 is 15.0 Å². The summed E-state index contributed by atoms with van der Waals surface area (Å²) in [4.78, 5) is 12.4. The van der Waals surface area contributed by atoms with Crippen molar-refractivity contribution in [2.24, 2.45) is 5.73 Å². The SMILES string of the molecule is N[C@@H](O)CC1Cc2ccccc2N1C(=O)O. The summed E-state index contributed by atoms with van der Waals surface area (Å²) in [6, 6.07) is 7.08. The number of aliphatic hydroxyl groups is 1. The van der Waals surface area contributed by atoms with E-state index in [0.717, 1.165) is 5.56 Å². The quantitative estimate of drug-likeness (QED) is 0.645. The average Bonchev–Trinajstić information content (AvgIpc) is 2.53. The van der Waals surface area contributed by atoms with Crippen LogP contribution in [0.1, 0.15) is 12.0 Å². The molecule has 86 valence electrons. The van der Waals surface area contributed by atoms with Gasteiger partial charge >= 0.3 is 6.09 Å². The summed E-state index contributed by atoms with van der Waals surface area (Å²) >= 11 is 0. The number of carboxylic acid groups (broad SMARTS) is 1. The smallest absolute Gasteiger partial charge is 0.412 e. The molecule has 0 bridgehead atoms.